The van der Waals surface area contributed by atoms with E-state index < -0.39 is 16.0 Å². The maximum Gasteiger partial charge on any atom is 0.335 e. The molecule has 3 rings (SSSR count). The van der Waals surface area contributed by atoms with Gasteiger partial charge in [0.15, 0.2) is 5.82 Å². The third-order valence-corrected chi connectivity index (χ3v) is 6.05. The lowest BCUT2D eigenvalue weighted by atomic mass is 10.1. The summed E-state index contributed by atoms with van der Waals surface area (Å²) in [5.74, 6) is -0.411. The van der Waals surface area contributed by atoms with E-state index in [1.165, 1.54) is 36.5 Å². The van der Waals surface area contributed by atoms with Crippen LogP contribution in [0.4, 0.5) is 5.82 Å². The molecule has 0 saturated heterocycles. The fourth-order valence-electron chi connectivity index (χ4n) is 2.29. The average molecular weight is 338 g/mol. The number of aromatic nitrogens is 1. The molecule has 1 aromatic carbocycles. The number of sulfonamides is 1. The van der Waals surface area contributed by atoms with Crippen molar-refractivity contribution in [2.75, 3.05) is 4.72 Å². The summed E-state index contributed by atoms with van der Waals surface area (Å²) in [6.07, 6.45) is 2.09. The molecule has 6 nitrogen and oxygen atoms in total. The fraction of sp³-hybridized carbons (Fsp3) is 0.286. The third-order valence-electron chi connectivity index (χ3n) is 3.58. The Morgan fingerprint density at radius 3 is 2.77 bits per heavy atom. The van der Waals surface area contributed by atoms with Crippen LogP contribution in [0.25, 0.3) is 0 Å². The molecule has 2 aromatic rings. The van der Waals surface area contributed by atoms with Crippen molar-refractivity contribution in [1.29, 1.82) is 0 Å². The van der Waals surface area contributed by atoms with Gasteiger partial charge in [-0.2, -0.15) is 0 Å². The molecule has 1 aliphatic carbocycles. The fourth-order valence-corrected chi connectivity index (χ4v) is 4.56. The van der Waals surface area contributed by atoms with Crippen LogP contribution in [0.5, 0.6) is 0 Å². The molecule has 0 amide bonds. The summed E-state index contributed by atoms with van der Waals surface area (Å²) in [6, 6.07) is 4.20. The average Bonchev–Trinajstić information content (AvgIpc) is 3.19. The molecule has 1 saturated carbocycles. The van der Waals surface area contributed by atoms with Gasteiger partial charge in [0.2, 0.25) is 0 Å². The molecule has 0 aliphatic heterocycles. The van der Waals surface area contributed by atoms with E-state index in [1.54, 1.807) is 5.51 Å². The van der Waals surface area contributed by atoms with Gasteiger partial charge in [0.05, 0.1) is 20.8 Å². The Labute approximate surface area is 131 Å². The van der Waals surface area contributed by atoms with E-state index in [9.17, 15) is 13.2 Å². The molecular weight excluding hydrogens is 324 g/mol. The zero-order valence-electron chi connectivity index (χ0n) is 11.7. The van der Waals surface area contributed by atoms with Crippen LogP contribution >= 0.6 is 11.3 Å². The number of hydrogen-bond donors (Lipinski definition) is 2. The number of aromatic carboxylic acids is 1. The van der Waals surface area contributed by atoms with Crippen LogP contribution in [0, 0.1) is 6.92 Å². The van der Waals surface area contributed by atoms with Gasteiger partial charge < -0.3 is 5.11 Å². The maximum absolute atomic E-state index is 12.6. The summed E-state index contributed by atoms with van der Waals surface area (Å²) >= 11 is 1.44. The highest BCUT2D eigenvalue weighted by Crippen LogP contribution is 2.45. The second kappa shape index (κ2) is 5.36. The molecule has 8 heteroatoms. The highest BCUT2D eigenvalue weighted by Gasteiger charge is 2.30. The Bertz CT molecular complexity index is 838. The van der Waals surface area contributed by atoms with E-state index in [1.807, 2.05) is 0 Å². The van der Waals surface area contributed by atoms with E-state index in [4.69, 9.17) is 5.11 Å². The molecule has 116 valence electrons. The molecule has 1 fully saturated rings. The molecule has 22 heavy (non-hydrogen) atoms. The molecule has 2 N–H and O–H groups in total. The number of thiazole rings is 1. The van der Waals surface area contributed by atoms with Crippen molar-refractivity contribution in [2.24, 2.45) is 0 Å². The van der Waals surface area contributed by atoms with E-state index in [2.05, 4.69) is 9.71 Å². The molecule has 0 radical (unpaired) electrons. The summed E-state index contributed by atoms with van der Waals surface area (Å²) in [5.41, 5.74) is 1.81. The first kappa shape index (κ1) is 15.0. The first-order valence-electron chi connectivity index (χ1n) is 6.69. The standard InChI is InChI=1S/C14H14N2O4S2/c1-8-10(14(17)18)3-2-4-11(8)22(19,20)16-13-12(9-5-6-9)21-7-15-13/h2-4,7,9,16H,5-6H2,1H3,(H,17,18). The number of hydrogen-bond acceptors (Lipinski definition) is 5. The highest BCUT2D eigenvalue weighted by atomic mass is 32.2. The van der Waals surface area contributed by atoms with Crippen molar-refractivity contribution in [3.63, 3.8) is 0 Å². The van der Waals surface area contributed by atoms with Crippen LogP contribution in [0.3, 0.4) is 0 Å². The minimum absolute atomic E-state index is 0.0245. The summed E-state index contributed by atoms with van der Waals surface area (Å²) < 4.78 is 27.6. The van der Waals surface area contributed by atoms with E-state index in [-0.39, 0.29) is 16.0 Å². The molecule has 1 aliphatic rings. The molecule has 0 unspecified atom stereocenters. The van der Waals surface area contributed by atoms with Gasteiger partial charge in [0.25, 0.3) is 10.0 Å². The van der Waals surface area contributed by atoms with Gasteiger partial charge in [0, 0.05) is 0 Å². The van der Waals surface area contributed by atoms with Crippen molar-refractivity contribution < 1.29 is 18.3 Å². The van der Waals surface area contributed by atoms with Crippen molar-refractivity contribution in [2.45, 2.75) is 30.6 Å². The van der Waals surface area contributed by atoms with Crippen LogP contribution in [-0.4, -0.2) is 24.5 Å². The molecule has 1 heterocycles. The van der Waals surface area contributed by atoms with E-state index in [0.717, 1.165) is 17.7 Å². The van der Waals surface area contributed by atoms with Gasteiger partial charge in [-0.25, -0.2) is 18.2 Å². The molecule has 1 aromatic heterocycles. The Hall–Kier alpha value is -1.93. The quantitative estimate of drug-likeness (QED) is 0.874. The molecule has 0 bridgehead atoms. The number of anilines is 1. The number of carbonyl (C=O) groups is 1. The lowest BCUT2D eigenvalue weighted by Crippen LogP contribution is -2.16. The highest BCUT2D eigenvalue weighted by molar-refractivity contribution is 7.92. The molecule has 0 spiro atoms. The summed E-state index contributed by atoms with van der Waals surface area (Å²) in [7, 11) is -3.87. The van der Waals surface area contributed by atoms with Gasteiger partial charge in [-0.15, -0.1) is 11.3 Å². The van der Waals surface area contributed by atoms with Crippen LogP contribution in [-0.2, 0) is 10.0 Å². The Morgan fingerprint density at radius 1 is 1.41 bits per heavy atom. The van der Waals surface area contributed by atoms with Gasteiger partial charge in [-0.3, -0.25) is 4.72 Å². The van der Waals surface area contributed by atoms with Crippen molar-refractivity contribution in [3.8, 4) is 0 Å². The second-order valence-corrected chi connectivity index (χ2v) is 7.72. The predicted molar refractivity (Wildman–Crippen MR) is 83.0 cm³/mol. The Kier molecular flexibility index (Phi) is 3.65. The van der Waals surface area contributed by atoms with Crippen molar-refractivity contribution in [3.05, 3.63) is 39.7 Å². The van der Waals surface area contributed by atoms with Crippen LogP contribution in [0.1, 0.15) is 39.6 Å². The lowest BCUT2D eigenvalue weighted by Gasteiger charge is -2.11. The Balaban J connectivity index is 1.98. The summed E-state index contributed by atoms with van der Waals surface area (Å²) in [4.78, 5) is 16.1. The zero-order chi connectivity index (χ0) is 15.9. The van der Waals surface area contributed by atoms with Gasteiger partial charge in [-0.05, 0) is 43.4 Å². The molecule has 0 atom stereocenters. The minimum Gasteiger partial charge on any atom is -0.478 e. The van der Waals surface area contributed by atoms with Crippen LogP contribution in [0.15, 0.2) is 28.6 Å². The van der Waals surface area contributed by atoms with Crippen LogP contribution < -0.4 is 4.72 Å². The number of carboxylic acid groups (broad SMARTS) is 1. The number of nitrogens with one attached hydrogen (secondary N) is 1. The SMILES string of the molecule is Cc1c(C(=O)O)cccc1S(=O)(=O)Nc1ncsc1C1CC1. The normalized spacial score (nSPS) is 14.8. The number of benzene rings is 1. The third kappa shape index (κ3) is 2.71. The number of rotatable bonds is 5. The zero-order valence-corrected chi connectivity index (χ0v) is 13.4. The predicted octanol–water partition coefficient (Wildman–Crippen LogP) is 2.83. The van der Waals surface area contributed by atoms with Gasteiger partial charge in [0.1, 0.15) is 0 Å². The number of nitrogens with zero attached hydrogens (tertiary/aromatic N) is 1. The smallest absolute Gasteiger partial charge is 0.335 e. The molecular formula is C14H14N2O4S2. The van der Waals surface area contributed by atoms with E-state index >= 15 is 0 Å². The maximum atomic E-state index is 12.6. The monoisotopic (exact) mass is 338 g/mol. The van der Waals surface area contributed by atoms with E-state index in [0.29, 0.717) is 11.7 Å². The number of carboxylic acids is 1. The largest absolute Gasteiger partial charge is 0.478 e. The van der Waals surface area contributed by atoms with Crippen LogP contribution in [0.2, 0.25) is 0 Å². The summed E-state index contributed by atoms with van der Waals surface area (Å²) in [5, 5.41) is 9.11. The first-order valence-corrected chi connectivity index (χ1v) is 9.05. The van der Waals surface area contributed by atoms with Gasteiger partial charge >= 0.3 is 5.97 Å². The van der Waals surface area contributed by atoms with Crippen molar-refractivity contribution >= 4 is 33.1 Å². The summed E-state index contributed by atoms with van der Waals surface area (Å²) in [6.45, 7) is 1.49. The topological polar surface area (TPSA) is 96.4 Å². The minimum atomic E-state index is -3.87. The van der Waals surface area contributed by atoms with Gasteiger partial charge in [-0.1, -0.05) is 6.07 Å². The second-order valence-electron chi connectivity index (χ2n) is 5.18. The van der Waals surface area contributed by atoms with Crippen molar-refractivity contribution in [1.82, 2.24) is 4.98 Å². The lowest BCUT2D eigenvalue weighted by molar-refractivity contribution is 0.0696. The Morgan fingerprint density at radius 2 is 2.14 bits per heavy atom. The first-order chi connectivity index (χ1) is 10.4.